The Morgan fingerprint density at radius 2 is 1.94 bits per heavy atom. The Bertz CT molecular complexity index is 1290. The number of nitrogens with one attached hydrogen (secondary N) is 1. The lowest BCUT2D eigenvalue weighted by Gasteiger charge is -2.17. The maximum atomic E-state index is 12.5. The van der Waals surface area contributed by atoms with Gasteiger partial charge in [-0.2, -0.15) is 0 Å². The van der Waals surface area contributed by atoms with Crippen molar-refractivity contribution in [2.24, 2.45) is 5.73 Å². The van der Waals surface area contributed by atoms with Gasteiger partial charge >= 0.3 is 0 Å². The highest BCUT2D eigenvalue weighted by molar-refractivity contribution is 7.93. The lowest BCUT2D eigenvalue weighted by Crippen LogP contribution is -2.25. The molecule has 2 heterocycles. The Balaban J connectivity index is 1.43. The molecular weight excluding hydrogens is 472 g/mol. The average molecular weight is 491 g/mol. The van der Waals surface area contributed by atoms with Gasteiger partial charge in [0.05, 0.1) is 23.6 Å². The molecule has 1 aliphatic heterocycles. The van der Waals surface area contributed by atoms with E-state index in [0.717, 1.165) is 0 Å². The molecule has 0 aliphatic carbocycles. The summed E-state index contributed by atoms with van der Waals surface area (Å²) in [5.74, 6) is -0.710. The number of anilines is 2. The predicted octanol–water partition coefficient (Wildman–Crippen LogP) is 3.28. The molecule has 0 unspecified atom stereocenters. The van der Waals surface area contributed by atoms with Crippen molar-refractivity contribution in [1.82, 2.24) is 4.98 Å². The highest BCUT2D eigenvalue weighted by Crippen LogP contribution is 2.30. The van der Waals surface area contributed by atoms with Gasteiger partial charge in [-0.15, -0.1) is 11.3 Å². The van der Waals surface area contributed by atoms with Crippen molar-refractivity contribution in [3.8, 4) is 10.6 Å². The zero-order valence-electron chi connectivity index (χ0n) is 16.7. The number of benzene rings is 2. The first-order chi connectivity index (χ1) is 15.2. The van der Waals surface area contributed by atoms with E-state index in [1.54, 1.807) is 47.8 Å². The Morgan fingerprint density at radius 1 is 1.19 bits per heavy atom. The van der Waals surface area contributed by atoms with Crippen molar-refractivity contribution in [2.75, 3.05) is 21.9 Å². The Labute approximate surface area is 194 Å². The van der Waals surface area contributed by atoms with E-state index in [9.17, 15) is 18.0 Å². The number of aromatic nitrogens is 1. The molecular formula is C21H19ClN4O4S2. The zero-order valence-corrected chi connectivity index (χ0v) is 19.1. The number of carbonyl (C=O) groups is 2. The summed E-state index contributed by atoms with van der Waals surface area (Å²) in [6, 6.07) is 11.4. The van der Waals surface area contributed by atoms with Gasteiger partial charge in [-0.25, -0.2) is 13.4 Å². The molecule has 1 fully saturated rings. The summed E-state index contributed by atoms with van der Waals surface area (Å²) in [6.07, 6.45) is 0.637. The molecule has 1 aromatic heterocycles. The van der Waals surface area contributed by atoms with E-state index in [4.69, 9.17) is 17.3 Å². The third kappa shape index (κ3) is 4.77. The molecule has 166 valence electrons. The fourth-order valence-corrected chi connectivity index (χ4v) is 6.02. The van der Waals surface area contributed by atoms with Crippen LogP contribution in [0.25, 0.3) is 10.6 Å². The largest absolute Gasteiger partial charge is 0.366 e. The van der Waals surface area contributed by atoms with Gasteiger partial charge in [-0.1, -0.05) is 11.6 Å². The zero-order chi connectivity index (χ0) is 22.9. The summed E-state index contributed by atoms with van der Waals surface area (Å²) in [5, 5.41) is 5.51. The van der Waals surface area contributed by atoms with E-state index in [0.29, 0.717) is 51.2 Å². The van der Waals surface area contributed by atoms with E-state index in [2.05, 4.69) is 10.3 Å². The minimum Gasteiger partial charge on any atom is -0.366 e. The summed E-state index contributed by atoms with van der Waals surface area (Å²) in [7, 11) is -3.25. The van der Waals surface area contributed by atoms with Crippen LogP contribution in [0.15, 0.2) is 47.8 Å². The molecule has 8 nitrogen and oxygen atoms in total. The summed E-state index contributed by atoms with van der Waals surface area (Å²) in [6.45, 7) is 0.463. The number of hydrogen-bond donors (Lipinski definition) is 2. The van der Waals surface area contributed by atoms with Crippen LogP contribution in [0.5, 0.6) is 0 Å². The SMILES string of the molecule is NC(=O)c1ccc(Cl)cc1-c1nc(CC(=O)Nc2ccc(N3CCCS3(=O)=O)cc2)cs1. The molecule has 4 rings (SSSR count). The first-order valence-electron chi connectivity index (χ1n) is 9.67. The summed E-state index contributed by atoms with van der Waals surface area (Å²) in [5.41, 5.74) is 7.93. The summed E-state index contributed by atoms with van der Waals surface area (Å²) in [4.78, 5) is 28.6. The number of thiazole rings is 1. The minimum absolute atomic E-state index is 0.0330. The van der Waals surface area contributed by atoms with Crippen LogP contribution in [0.3, 0.4) is 0 Å². The lowest BCUT2D eigenvalue weighted by atomic mass is 10.1. The van der Waals surface area contributed by atoms with Crippen molar-refractivity contribution in [1.29, 1.82) is 0 Å². The van der Waals surface area contributed by atoms with Crippen molar-refractivity contribution >= 4 is 56.2 Å². The van der Waals surface area contributed by atoms with Gasteiger partial charge in [0.15, 0.2) is 0 Å². The molecule has 3 aromatic rings. The number of amides is 2. The lowest BCUT2D eigenvalue weighted by molar-refractivity contribution is -0.115. The third-order valence-electron chi connectivity index (χ3n) is 4.91. The van der Waals surface area contributed by atoms with Crippen molar-refractivity contribution < 1.29 is 18.0 Å². The molecule has 2 aromatic carbocycles. The van der Waals surface area contributed by atoms with Gasteiger partial charge in [0, 0.05) is 33.8 Å². The number of sulfonamides is 1. The first-order valence-corrected chi connectivity index (χ1v) is 12.5. The molecule has 2 amide bonds. The summed E-state index contributed by atoms with van der Waals surface area (Å²) >= 11 is 7.33. The molecule has 0 saturated carbocycles. The fraction of sp³-hybridized carbons (Fsp3) is 0.190. The molecule has 0 bridgehead atoms. The number of hydrogen-bond acceptors (Lipinski definition) is 6. The smallest absolute Gasteiger partial charge is 0.249 e. The van der Waals surface area contributed by atoms with Crippen LogP contribution in [0.2, 0.25) is 5.02 Å². The Morgan fingerprint density at radius 3 is 2.59 bits per heavy atom. The number of carbonyl (C=O) groups excluding carboxylic acids is 2. The molecule has 32 heavy (non-hydrogen) atoms. The van der Waals surface area contributed by atoms with E-state index in [1.165, 1.54) is 15.6 Å². The standard InChI is InChI=1S/C21H19ClN4O4S2/c22-13-2-7-17(20(23)28)18(10-13)21-25-15(12-31-21)11-19(27)24-14-3-5-16(6-4-14)26-8-1-9-32(26,29)30/h2-7,10,12H,1,8-9,11H2,(H2,23,28)(H,24,27). The van der Waals surface area contributed by atoms with Gasteiger partial charge in [-0.05, 0) is 48.9 Å². The van der Waals surface area contributed by atoms with Crippen LogP contribution >= 0.6 is 22.9 Å². The molecule has 1 saturated heterocycles. The first kappa shape index (κ1) is 22.3. The second kappa shape index (κ2) is 8.89. The minimum atomic E-state index is -3.25. The van der Waals surface area contributed by atoms with Crippen LogP contribution < -0.4 is 15.4 Å². The second-order valence-electron chi connectivity index (χ2n) is 7.21. The third-order valence-corrected chi connectivity index (χ3v) is 7.94. The molecule has 0 atom stereocenters. The second-order valence-corrected chi connectivity index (χ2v) is 10.5. The monoisotopic (exact) mass is 490 g/mol. The van der Waals surface area contributed by atoms with Gasteiger partial charge in [0.2, 0.25) is 21.8 Å². The number of nitrogens with two attached hydrogens (primary N) is 1. The predicted molar refractivity (Wildman–Crippen MR) is 126 cm³/mol. The van der Waals surface area contributed by atoms with E-state index in [-0.39, 0.29) is 18.1 Å². The number of rotatable bonds is 6. The van der Waals surface area contributed by atoms with Crippen LogP contribution in [-0.4, -0.2) is 37.5 Å². The molecule has 0 spiro atoms. The van der Waals surface area contributed by atoms with Crippen LogP contribution in [0, 0.1) is 0 Å². The molecule has 0 radical (unpaired) electrons. The number of primary amides is 1. The maximum Gasteiger partial charge on any atom is 0.249 e. The van der Waals surface area contributed by atoms with E-state index >= 15 is 0 Å². The quantitative estimate of drug-likeness (QED) is 0.549. The summed E-state index contributed by atoms with van der Waals surface area (Å²) < 4.78 is 25.4. The molecule has 1 aliphatic rings. The van der Waals surface area contributed by atoms with E-state index in [1.807, 2.05) is 0 Å². The van der Waals surface area contributed by atoms with Crippen molar-refractivity contribution in [3.05, 3.63) is 64.1 Å². The van der Waals surface area contributed by atoms with Crippen molar-refractivity contribution in [3.63, 3.8) is 0 Å². The van der Waals surface area contributed by atoms with Crippen molar-refractivity contribution in [2.45, 2.75) is 12.8 Å². The molecule has 3 N–H and O–H groups in total. The Kier molecular flexibility index (Phi) is 6.18. The van der Waals surface area contributed by atoms with Gasteiger partial charge in [0.1, 0.15) is 5.01 Å². The molecule has 11 heteroatoms. The average Bonchev–Trinajstić information content (AvgIpc) is 3.34. The van der Waals surface area contributed by atoms with Crippen LogP contribution in [-0.2, 0) is 21.2 Å². The fourth-order valence-electron chi connectivity index (χ4n) is 3.43. The van der Waals surface area contributed by atoms with Crippen LogP contribution in [0.4, 0.5) is 11.4 Å². The number of halogens is 1. The number of nitrogens with zero attached hydrogens (tertiary/aromatic N) is 2. The highest BCUT2D eigenvalue weighted by atomic mass is 35.5. The highest BCUT2D eigenvalue weighted by Gasteiger charge is 2.28. The van der Waals surface area contributed by atoms with E-state index < -0.39 is 15.9 Å². The van der Waals surface area contributed by atoms with Gasteiger partial charge < -0.3 is 11.1 Å². The Hall–Kier alpha value is -2.95. The van der Waals surface area contributed by atoms with Crippen LogP contribution in [0.1, 0.15) is 22.5 Å². The normalized spacial score (nSPS) is 15.0. The topological polar surface area (TPSA) is 122 Å². The van der Waals surface area contributed by atoms with Gasteiger partial charge in [0.25, 0.3) is 0 Å². The van der Waals surface area contributed by atoms with Gasteiger partial charge in [-0.3, -0.25) is 13.9 Å². The maximum absolute atomic E-state index is 12.5.